The molecule has 0 spiro atoms. The van der Waals surface area contributed by atoms with Gasteiger partial charge in [0.05, 0.1) is 11.6 Å². The van der Waals surface area contributed by atoms with Crippen LogP contribution in [0.4, 0.5) is 0 Å². The summed E-state index contributed by atoms with van der Waals surface area (Å²) in [7, 11) is 0. The number of rotatable bonds is 3. The molecule has 2 N–H and O–H groups in total. The van der Waals surface area contributed by atoms with Gasteiger partial charge in [-0.15, -0.1) is 0 Å². The van der Waals surface area contributed by atoms with Crippen molar-refractivity contribution in [2.24, 2.45) is 0 Å². The SMILES string of the molecule is CC(O)C(C)(C)NC(=O)c1cc(Br)cc(Br)c1. The molecule has 5 heteroatoms. The van der Waals surface area contributed by atoms with E-state index in [0.717, 1.165) is 8.95 Å². The molecule has 0 bridgehead atoms. The summed E-state index contributed by atoms with van der Waals surface area (Å²) in [6.45, 7) is 5.21. The van der Waals surface area contributed by atoms with Gasteiger partial charge in [-0.2, -0.15) is 0 Å². The Morgan fingerprint density at radius 2 is 1.76 bits per heavy atom. The van der Waals surface area contributed by atoms with Crippen molar-refractivity contribution in [3.05, 3.63) is 32.7 Å². The molecular formula is C12H15Br2NO2. The highest BCUT2D eigenvalue weighted by Gasteiger charge is 2.26. The van der Waals surface area contributed by atoms with Gasteiger partial charge >= 0.3 is 0 Å². The molecule has 0 saturated carbocycles. The summed E-state index contributed by atoms with van der Waals surface area (Å²) in [4.78, 5) is 12.0. The average Bonchev–Trinajstić information content (AvgIpc) is 2.15. The Morgan fingerprint density at radius 3 is 2.18 bits per heavy atom. The van der Waals surface area contributed by atoms with Gasteiger partial charge in [-0.1, -0.05) is 31.9 Å². The molecule has 1 aromatic rings. The molecule has 0 aliphatic carbocycles. The van der Waals surface area contributed by atoms with Crippen LogP contribution in [0.5, 0.6) is 0 Å². The number of nitrogens with one attached hydrogen (secondary N) is 1. The third-order valence-electron chi connectivity index (χ3n) is 2.60. The largest absolute Gasteiger partial charge is 0.391 e. The molecule has 1 rings (SSSR count). The minimum absolute atomic E-state index is 0.210. The van der Waals surface area contributed by atoms with Crippen molar-refractivity contribution in [3.63, 3.8) is 0 Å². The van der Waals surface area contributed by atoms with Gasteiger partial charge in [-0.25, -0.2) is 0 Å². The molecule has 17 heavy (non-hydrogen) atoms. The number of aliphatic hydroxyl groups is 1. The summed E-state index contributed by atoms with van der Waals surface area (Å²) >= 11 is 6.66. The predicted octanol–water partition coefficient (Wildman–Crippen LogP) is 3.10. The van der Waals surface area contributed by atoms with Gasteiger partial charge in [0.2, 0.25) is 0 Å². The normalized spacial score (nSPS) is 13.3. The van der Waals surface area contributed by atoms with Crippen molar-refractivity contribution in [1.82, 2.24) is 5.32 Å². The summed E-state index contributed by atoms with van der Waals surface area (Å²) in [6, 6.07) is 5.33. The van der Waals surface area contributed by atoms with Gasteiger partial charge in [-0.05, 0) is 39.0 Å². The van der Waals surface area contributed by atoms with Crippen LogP contribution >= 0.6 is 31.9 Å². The maximum Gasteiger partial charge on any atom is 0.251 e. The molecule has 1 aromatic carbocycles. The van der Waals surface area contributed by atoms with E-state index in [9.17, 15) is 9.90 Å². The van der Waals surface area contributed by atoms with Crippen molar-refractivity contribution in [2.45, 2.75) is 32.4 Å². The number of amides is 1. The average molecular weight is 365 g/mol. The topological polar surface area (TPSA) is 49.3 Å². The molecule has 0 aromatic heterocycles. The fourth-order valence-electron chi connectivity index (χ4n) is 1.15. The Morgan fingerprint density at radius 1 is 1.29 bits per heavy atom. The van der Waals surface area contributed by atoms with E-state index in [1.165, 1.54) is 0 Å². The predicted molar refractivity (Wildman–Crippen MR) is 75.1 cm³/mol. The zero-order valence-corrected chi connectivity index (χ0v) is 13.1. The molecule has 0 radical (unpaired) electrons. The number of carbonyl (C=O) groups is 1. The fraction of sp³-hybridized carbons (Fsp3) is 0.417. The lowest BCUT2D eigenvalue weighted by Gasteiger charge is -2.29. The molecule has 0 aliphatic heterocycles. The Bertz CT molecular complexity index is 410. The highest BCUT2D eigenvalue weighted by atomic mass is 79.9. The van der Waals surface area contributed by atoms with Gasteiger partial charge in [0.1, 0.15) is 0 Å². The van der Waals surface area contributed by atoms with Crippen molar-refractivity contribution >= 4 is 37.8 Å². The lowest BCUT2D eigenvalue weighted by atomic mass is 9.98. The third-order valence-corrected chi connectivity index (χ3v) is 3.52. The monoisotopic (exact) mass is 363 g/mol. The van der Waals surface area contributed by atoms with E-state index in [1.807, 2.05) is 6.07 Å². The Kier molecular flexibility index (Phi) is 4.75. The number of benzene rings is 1. The minimum atomic E-state index is -0.661. The molecule has 1 unspecified atom stereocenters. The molecule has 3 nitrogen and oxygen atoms in total. The molecule has 0 aliphatic rings. The van der Waals surface area contributed by atoms with Crippen molar-refractivity contribution in [2.75, 3.05) is 0 Å². The van der Waals surface area contributed by atoms with Crippen LogP contribution in [0.25, 0.3) is 0 Å². The fourth-order valence-corrected chi connectivity index (χ4v) is 2.45. The van der Waals surface area contributed by atoms with E-state index in [1.54, 1.807) is 32.9 Å². The van der Waals surface area contributed by atoms with Gasteiger partial charge in [0, 0.05) is 14.5 Å². The van der Waals surface area contributed by atoms with Crippen LogP contribution in [0, 0.1) is 0 Å². The van der Waals surface area contributed by atoms with E-state index in [4.69, 9.17) is 0 Å². The van der Waals surface area contributed by atoms with E-state index < -0.39 is 11.6 Å². The second-order valence-corrected chi connectivity index (χ2v) is 6.34. The van der Waals surface area contributed by atoms with Crippen LogP contribution in [0.3, 0.4) is 0 Å². The summed E-state index contributed by atoms with van der Waals surface area (Å²) < 4.78 is 1.65. The van der Waals surface area contributed by atoms with Crippen LogP contribution in [0.2, 0.25) is 0 Å². The van der Waals surface area contributed by atoms with Gasteiger partial charge in [-0.3, -0.25) is 4.79 Å². The maximum atomic E-state index is 12.0. The van der Waals surface area contributed by atoms with E-state index in [0.29, 0.717) is 5.56 Å². The number of hydrogen-bond acceptors (Lipinski definition) is 2. The number of hydrogen-bond donors (Lipinski definition) is 2. The van der Waals surface area contributed by atoms with Crippen LogP contribution in [0.15, 0.2) is 27.1 Å². The minimum Gasteiger partial charge on any atom is -0.391 e. The lowest BCUT2D eigenvalue weighted by Crippen LogP contribution is -2.50. The van der Waals surface area contributed by atoms with E-state index in [-0.39, 0.29) is 5.91 Å². The molecule has 0 heterocycles. The first kappa shape index (κ1) is 14.7. The van der Waals surface area contributed by atoms with Crippen molar-refractivity contribution in [1.29, 1.82) is 0 Å². The molecular weight excluding hydrogens is 350 g/mol. The smallest absolute Gasteiger partial charge is 0.251 e. The number of halogens is 2. The summed E-state index contributed by atoms with van der Waals surface area (Å²) in [5.74, 6) is -0.210. The molecule has 1 atom stereocenters. The van der Waals surface area contributed by atoms with Gasteiger partial charge in [0.15, 0.2) is 0 Å². The molecule has 0 fully saturated rings. The molecule has 94 valence electrons. The first-order chi connectivity index (χ1) is 7.72. The quantitative estimate of drug-likeness (QED) is 0.865. The summed E-state index contributed by atoms with van der Waals surface area (Å²) in [5, 5.41) is 12.3. The second kappa shape index (κ2) is 5.50. The first-order valence-electron chi connectivity index (χ1n) is 5.19. The Hall–Kier alpha value is -0.390. The van der Waals surface area contributed by atoms with Crippen LogP contribution < -0.4 is 5.32 Å². The Balaban J connectivity index is 2.91. The summed E-state index contributed by atoms with van der Waals surface area (Å²) in [5.41, 5.74) is -0.119. The Labute approximate surface area is 118 Å². The standard InChI is InChI=1S/C12H15Br2NO2/c1-7(16)12(2,3)15-11(17)8-4-9(13)6-10(14)5-8/h4-7,16H,1-3H3,(H,15,17). The van der Waals surface area contributed by atoms with E-state index >= 15 is 0 Å². The number of carbonyl (C=O) groups excluding carboxylic acids is 1. The summed E-state index contributed by atoms with van der Waals surface area (Å²) in [6.07, 6.45) is -0.623. The van der Waals surface area contributed by atoms with Crippen LogP contribution in [-0.2, 0) is 0 Å². The van der Waals surface area contributed by atoms with Crippen molar-refractivity contribution in [3.8, 4) is 0 Å². The zero-order chi connectivity index (χ0) is 13.2. The maximum absolute atomic E-state index is 12.0. The second-order valence-electron chi connectivity index (χ2n) is 4.51. The lowest BCUT2D eigenvalue weighted by molar-refractivity contribution is 0.0709. The zero-order valence-electron chi connectivity index (χ0n) is 9.92. The third kappa shape index (κ3) is 4.08. The number of aliphatic hydroxyl groups excluding tert-OH is 1. The van der Waals surface area contributed by atoms with Crippen LogP contribution in [-0.4, -0.2) is 22.7 Å². The highest BCUT2D eigenvalue weighted by Crippen LogP contribution is 2.20. The van der Waals surface area contributed by atoms with Gasteiger partial charge in [0.25, 0.3) is 5.91 Å². The first-order valence-corrected chi connectivity index (χ1v) is 6.77. The van der Waals surface area contributed by atoms with E-state index in [2.05, 4.69) is 37.2 Å². The van der Waals surface area contributed by atoms with Crippen molar-refractivity contribution < 1.29 is 9.90 Å². The van der Waals surface area contributed by atoms with Crippen LogP contribution in [0.1, 0.15) is 31.1 Å². The highest BCUT2D eigenvalue weighted by molar-refractivity contribution is 9.11. The molecule has 0 saturated heterocycles. The molecule has 1 amide bonds. The van der Waals surface area contributed by atoms with Gasteiger partial charge < -0.3 is 10.4 Å².